The van der Waals surface area contributed by atoms with E-state index < -0.39 is 69.8 Å². The van der Waals surface area contributed by atoms with E-state index in [9.17, 15) is 39.9 Å². The van der Waals surface area contributed by atoms with Crippen LogP contribution >= 0.6 is 0 Å². The Labute approximate surface area is 162 Å². The van der Waals surface area contributed by atoms with Crippen molar-refractivity contribution < 1.29 is 59.2 Å². The summed E-state index contributed by atoms with van der Waals surface area (Å²) in [4.78, 5) is 11.3. The minimum absolute atomic E-state index is 0.166. The van der Waals surface area contributed by atoms with Crippen molar-refractivity contribution in [3.63, 3.8) is 0 Å². The molecule has 0 saturated carbocycles. The van der Waals surface area contributed by atoms with Crippen LogP contribution in [0.25, 0.3) is 0 Å². The largest absolute Gasteiger partial charge is 0.573 e. The Morgan fingerprint density at radius 1 is 0.967 bits per heavy atom. The third-order valence-electron chi connectivity index (χ3n) is 3.67. The van der Waals surface area contributed by atoms with Gasteiger partial charge in [-0.1, -0.05) is 0 Å². The van der Waals surface area contributed by atoms with Crippen LogP contribution in [0.1, 0.15) is 21.5 Å². The molecule has 13 heteroatoms. The Balaban J connectivity index is 2.66. The van der Waals surface area contributed by atoms with E-state index in [-0.39, 0.29) is 6.07 Å². The lowest BCUT2D eigenvalue weighted by Gasteiger charge is -2.18. The third kappa shape index (κ3) is 4.66. The van der Waals surface area contributed by atoms with E-state index in [0.29, 0.717) is 19.1 Å². The molecule has 0 aromatic heterocycles. The maximum Gasteiger partial charge on any atom is 0.573 e. The summed E-state index contributed by atoms with van der Waals surface area (Å²) in [7, 11) is 0.789. The van der Waals surface area contributed by atoms with Crippen LogP contribution in [-0.4, -0.2) is 24.5 Å². The highest BCUT2D eigenvalue weighted by Gasteiger charge is 2.37. The summed E-state index contributed by atoms with van der Waals surface area (Å²) in [5.74, 6) is -9.92. The molecule has 1 N–H and O–H groups in total. The van der Waals surface area contributed by atoms with Gasteiger partial charge in [-0.2, -0.15) is 17.6 Å². The molecule has 0 bridgehead atoms. The van der Waals surface area contributed by atoms with Crippen molar-refractivity contribution in [2.45, 2.75) is 19.5 Å². The molecule has 0 aliphatic rings. The van der Waals surface area contributed by atoms with Crippen LogP contribution in [0.15, 0.2) is 18.2 Å². The lowest BCUT2D eigenvalue weighted by atomic mass is 10.0. The lowest BCUT2D eigenvalue weighted by Crippen LogP contribution is -2.18. The normalized spacial score (nSPS) is 11.9. The Hall–Kier alpha value is -3.25. The van der Waals surface area contributed by atoms with Crippen molar-refractivity contribution >= 4 is 5.97 Å². The number of halogens is 8. The molecule has 164 valence electrons. The van der Waals surface area contributed by atoms with E-state index >= 15 is 0 Å². The van der Waals surface area contributed by atoms with E-state index in [1.54, 1.807) is 0 Å². The third-order valence-corrected chi connectivity index (χ3v) is 3.67. The van der Waals surface area contributed by atoms with E-state index in [2.05, 4.69) is 9.47 Å². The zero-order valence-electron chi connectivity index (χ0n) is 14.8. The van der Waals surface area contributed by atoms with Crippen LogP contribution in [0, 0.1) is 18.6 Å². The Bertz CT molecular complexity index is 982. The molecule has 2 rings (SSSR count). The fourth-order valence-corrected chi connectivity index (χ4v) is 2.41. The Morgan fingerprint density at radius 2 is 1.53 bits per heavy atom. The molecule has 2 aromatic rings. The highest BCUT2D eigenvalue weighted by Crippen LogP contribution is 2.43. The van der Waals surface area contributed by atoms with E-state index in [1.807, 2.05) is 0 Å². The molecular formula is C17H10F8O5. The summed E-state index contributed by atoms with van der Waals surface area (Å²) in [6.07, 6.45) is -10.4. The van der Waals surface area contributed by atoms with Crippen molar-refractivity contribution in [2.24, 2.45) is 0 Å². The number of aromatic carboxylic acids is 1. The summed E-state index contributed by atoms with van der Waals surface area (Å²) < 4.78 is 118. The zero-order chi connectivity index (χ0) is 23.0. The maximum atomic E-state index is 14.3. The summed E-state index contributed by atoms with van der Waals surface area (Å²) >= 11 is 0. The molecule has 30 heavy (non-hydrogen) atoms. The van der Waals surface area contributed by atoms with Crippen molar-refractivity contribution in [1.82, 2.24) is 0 Å². The number of alkyl halides is 6. The number of carboxylic acid groups (broad SMARTS) is 1. The van der Waals surface area contributed by atoms with Gasteiger partial charge in [0, 0.05) is 0 Å². The highest BCUT2D eigenvalue weighted by molar-refractivity contribution is 5.92. The molecule has 0 unspecified atom stereocenters. The molecular weight excluding hydrogens is 436 g/mol. The average Bonchev–Trinajstić information content (AvgIpc) is 2.58. The smallest absolute Gasteiger partial charge is 0.490 e. The predicted molar refractivity (Wildman–Crippen MR) is 82.8 cm³/mol. The standard InChI is InChI=1S/C17H10F8O5/c1-6-7(16(20,21)22)5-10(11(12(6)18)15(26)27)29-9-4-3-8(30-17(23,24)25)13(19)14(9)28-2/h3-5H,1-2H3,(H,26,27). The minimum Gasteiger partial charge on any atom is -0.490 e. The SMILES string of the molecule is COc1c(Oc2cc(C(F)(F)F)c(C)c(F)c2C(=O)O)ccc(OC(F)(F)F)c1F. The van der Waals surface area contributed by atoms with Gasteiger partial charge in [-0.3, -0.25) is 0 Å². The topological polar surface area (TPSA) is 65.0 Å². The monoisotopic (exact) mass is 446 g/mol. The quantitative estimate of drug-likeness (QED) is 0.598. The van der Waals surface area contributed by atoms with Crippen LogP contribution in [0.5, 0.6) is 23.0 Å². The molecule has 0 radical (unpaired) electrons. The van der Waals surface area contributed by atoms with Gasteiger partial charge in [0.25, 0.3) is 0 Å². The van der Waals surface area contributed by atoms with E-state index in [4.69, 9.17) is 9.84 Å². The van der Waals surface area contributed by atoms with Crippen LogP contribution in [-0.2, 0) is 6.18 Å². The summed E-state index contributed by atoms with van der Waals surface area (Å²) in [6.45, 7) is 0.692. The van der Waals surface area contributed by atoms with Crippen molar-refractivity contribution in [1.29, 1.82) is 0 Å². The number of benzene rings is 2. The summed E-state index contributed by atoms with van der Waals surface area (Å²) in [5, 5.41) is 9.14. The van der Waals surface area contributed by atoms with Crippen LogP contribution < -0.4 is 14.2 Å². The molecule has 0 aliphatic heterocycles. The number of methoxy groups -OCH3 is 1. The molecule has 0 aliphatic carbocycles. The number of ether oxygens (including phenoxy) is 3. The van der Waals surface area contributed by atoms with Gasteiger partial charge in [-0.25, -0.2) is 9.18 Å². The van der Waals surface area contributed by atoms with Crippen molar-refractivity contribution in [3.8, 4) is 23.0 Å². The molecule has 0 spiro atoms. The molecule has 5 nitrogen and oxygen atoms in total. The maximum absolute atomic E-state index is 14.3. The molecule has 0 saturated heterocycles. The van der Waals surface area contributed by atoms with Gasteiger partial charge >= 0.3 is 18.5 Å². The van der Waals surface area contributed by atoms with Gasteiger partial charge in [-0.15, -0.1) is 13.2 Å². The molecule has 0 atom stereocenters. The van der Waals surface area contributed by atoms with Gasteiger partial charge in [0.1, 0.15) is 17.1 Å². The van der Waals surface area contributed by atoms with Crippen molar-refractivity contribution in [2.75, 3.05) is 7.11 Å². The van der Waals surface area contributed by atoms with Crippen molar-refractivity contribution in [3.05, 3.63) is 46.5 Å². The molecule has 0 heterocycles. The number of carbonyl (C=O) groups is 1. The van der Waals surface area contributed by atoms with Gasteiger partial charge in [0.15, 0.2) is 11.5 Å². The predicted octanol–water partition coefficient (Wildman–Crippen LogP) is 5.69. The van der Waals surface area contributed by atoms with Crippen LogP contribution in [0.3, 0.4) is 0 Å². The first-order valence-electron chi connectivity index (χ1n) is 7.61. The van der Waals surface area contributed by atoms with E-state index in [0.717, 1.165) is 7.11 Å². The number of carboxylic acids is 1. The second kappa shape index (κ2) is 7.88. The van der Waals surface area contributed by atoms with Gasteiger partial charge in [0.2, 0.25) is 11.6 Å². The highest BCUT2D eigenvalue weighted by atomic mass is 19.4. The number of rotatable bonds is 5. The van der Waals surface area contributed by atoms with E-state index in [1.165, 1.54) is 0 Å². The molecule has 0 fully saturated rings. The van der Waals surface area contributed by atoms with Crippen LogP contribution in [0.4, 0.5) is 35.1 Å². The second-order valence-corrected chi connectivity index (χ2v) is 5.60. The first kappa shape index (κ1) is 23.0. The van der Waals surface area contributed by atoms with Gasteiger partial charge < -0.3 is 19.3 Å². The number of hydrogen-bond acceptors (Lipinski definition) is 4. The lowest BCUT2D eigenvalue weighted by molar-refractivity contribution is -0.275. The fraction of sp³-hybridized carbons (Fsp3) is 0.235. The molecule has 2 aromatic carbocycles. The first-order chi connectivity index (χ1) is 13.7. The Morgan fingerprint density at radius 3 is 2.00 bits per heavy atom. The minimum atomic E-state index is -5.27. The second-order valence-electron chi connectivity index (χ2n) is 5.60. The number of hydrogen-bond donors (Lipinski definition) is 1. The van der Waals surface area contributed by atoms with Gasteiger partial charge in [-0.05, 0) is 30.7 Å². The molecule has 0 amide bonds. The fourth-order valence-electron chi connectivity index (χ4n) is 2.41. The summed E-state index contributed by atoms with van der Waals surface area (Å²) in [6, 6.07) is 1.19. The zero-order valence-corrected chi connectivity index (χ0v) is 14.8. The van der Waals surface area contributed by atoms with Crippen LogP contribution in [0.2, 0.25) is 0 Å². The first-order valence-corrected chi connectivity index (χ1v) is 7.61. The average molecular weight is 446 g/mol. The summed E-state index contributed by atoms with van der Waals surface area (Å²) in [5.41, 5.74) is -3.91. The Kier molecular flexibility index (Phi) is 6.05. The van der Waals surface area contributed by atoms with Gasteiger partial charge in [0.05, 0.1) is 12.7 Å².